The van der Waals surface area contributed by atoms with Crippen molar-refractivity contribution in [2.45, 2.75) is 19.4 Å². The van der Waals surface area contributed by atoms with Gasteiger partial charge in [-0.2, -0.15) is 5.26 Å². The van der Waals surface area contributed by atoms with Crippen molar-refractivity contribution in [3.8, 4) is 17.7 Å². The Bertz CT molecular complexity index is 1100. The fourth-order valence-electron chi connectivity index (χ4n) is 3.30. The molecule has 0 saturated heterocycles. The minimum Gasteiger partial charge on any atom is -0.489 e. The van der Waals surface area contributed by atoms with Crippen LogP contribution < -0.4 is 15.2 Å². The van der Waals surface area contributed by atoms with E-state index in [0.717, 1.165) is 22.4 Å². The number of nitrogens with zero attached hydrogens (tertiary/aromatic N) is 2. The molecule has 0 bridgehead atoms. The quantitative estimate of drug-likeness (QED) is 0.694. The van der Waals surface area contributed by atoms with E-state index < -0.39 is 5.92 Å². The number of nitriles is 1. The number of hydrogen-bond donors (Lipinski definition) is 2. The van der Waals surface area contributed by atoms with Gasteiger partial charge in [0.05, 0.1) is 5.92 Å². The fourth-order valence-corrected chi connectivity index (χ4v) is 3.43. The highest BCUT2D eigenvalue weighted by Gasteiger charge is 2.35. The molecule has 2 aromatic carbocycles. The highest BCUT2D eigenvalue weighted by molar-refractivity contribution is 6.30. The number of para-hydroxylation sites is 1. The molecular formula is C21H17ClN4O2. The Morgan fingerprint density at radius 2 is 2.00 bits per heavy atom. The van der Waals surface area contributed by atoms with Crippen LogP contribution in [0.5, 0.6) is 11.6 Å². The van der Waals surface area contributed by atoms with Gasteiger partial charge in [-0.3, -0.25) is 5.10 Å². The maximum absolute atomic E-state index is 9.72. The smallest absolute Gasteiger partial charge is 0.244 e. The molecule has 0 unspecified atom stereocenters. The van der Waals surface area contributed by atoms with E-state index in [4.69, 9.17) is 26.8 Å². The first-order valence-electron chi connectivity index (χ1n) is 8.67. The molecule has 4 rings (SSSR count). The Kier molecular flexibility index (Phi) is 4.68. The van der Waals surface area contributed by atoms with Gasteiger partial charge in [0.2, 0.25) is 11.8 Å². The van der Waals surface area contributed by atoms with Gasteiger partial charge < -0.3 is 15.2 Å². The SMILES string of the molecule is Cc1[nH]nc2c1[C@@H](c1ccccc1OCc1ccc(Cl)cc1)C(C#N)=C(N)O2. The van der Waals surface area contributed by atoms with Gasteiger partial charge in [0, 0.05) is 21.8 Å². The van der Waals surface area contributed by atoms with E-state index in [1.54, 1.807) is 0 Å². The maximum Gasteiger partial charge on any atom is 0.244 e. The van der Waals surface area contributed by atoms with Crippen molar-refractivity contribution in [2.75, 3.05) is 0 Å². The number of H-pyrrole nitrogens is 1. The van der Waals surface area contributed by atoms with Crippen LogP contribution in [0, 0.1) is 18.3 Å². The Morgan fingerprint density at radius 1 is 1.25 bits per heavy atom. The average Bonchev–Trinajstić information content (AvgIpc) is 3.07. The van der Waals surface area contributed by atoms with Crippen molar-refractivity contribution in [1.29, 1.82) is 5.26 Å². The zero-order valence-electron chi connectivity index (χ0n) is 15.1. The summed E-state index contributed by atoms with van der Waals surface area (Å²) in [5.41, 5.74) is 9.74. The molecule has 1 aromatic heterocycles. The lowest BCUT2D eigenvalue weighted by molar-refractivity contribution is 0.301. The van der Waals surface area contributed by atoms with Gasteiger partial charge in [0.25, 0.3) is 0 Å². The third-order valence-electron chi connectivity index (χ3n) is 4.67. The molecule has 7 heteroatoms. The first kappa shape index (κ1) is 18.0. The Labute approximate surface area is 167 Å². The highest BCUT2D eigenvalue weighted by atomic mass is 35.5. The van der Waals surface area contributed by atoms with E-state index in [0.29, 0.717) is 28.8 Å². The summed E-state index contributed by atoms with van der Waals surface area (Å²) < 4.78 is 11.6. The summed E-state index contributed by atoms with van der Waals surface area (Å²) in [6, 6.07) is 17.3. The number of ether oxygens (including phenoxy) is 2. The van der Waals surface area contributed by atoms with Gasteiger partial charge in [-0.25, -0.2) is 0 Å². The molecule has 1 atom stereocenters. The molecule has 3 aromatic rings. The van der Waals surface area contributed by atoms with Crippen LogP contribution in [0.1, 0.15) is 28.3 Å². The van der Waals surface area contributed by atoms with E-state index in [1.807, 2.05) is 55.5 Å². The van der Waals surface area contributed by atoms with Crippen LogP contribution in [-0.4, -0.2) is 10.2 Å². The van der Waals surface area contributed by atoms with Gasteiger partial charge in [0.1, 0.15) is 24.0 Å². The van der Waals surface area contributed by atoms with Crippen molar-refractivity contribution in [3.63, 3.8) is 0 Å². The molecule has 2 heterocycles. The first-order valence-corrected chi connectivity index (χ1v) is 9.05. The van der Waals surface area contributed by atoms with E-state index >= 15 is 0 Å². The minimum atomic E-state index is -0.422. The number of aromatic amines is 1. The fraction of sp³-hybridized carbons (Fsp3) is 0.143. The largest absolute Gasteiger partial charge is 0.489 e. The number of aromatic nitrogens is 2. The summed E-state index contributed by atoms with van der Waals surface area (Å²) in [7, 11) is 0. The number of hydrogen-bond acceptors (Lipinski definition) is 5. The van der Waals surface area contributed by atoms with Crippen LogP contribution in [0.4, 0.5) is 0 Å². The third-order valence-corrected chi connectivity index (χ3v) is 4.92. The summed E-state index contributed by atoms with van der Waals surface area (Å²) >= 11 is 5.94. The zero-order valence-corrected chi connectivity index (χ0v) is 15.8. The van der Waals surface area contributed by atoms with E-state index in [1.165, 1.54) is 0 Å². The van der Waals surface area contributed by atoms with Crippen molar-refractivity contribution < 1.29 is 9.47 Å². The maximum atomic E-state index is 9.72. The molecule has 140 valence electrons. The number of rotatable bonds is 4. The standard InChI is InChI=1S/C21H17ClN4O2/c1-12-18-19(16(10-23)20(24)28-21(18)26-25-12)15-4-2-3-5-17(15)27-11-13-6-8-14(22)9-7-13/h2-9,19H,11,24H2,1H3,(H,25,26)/t19-/m0/s1. The van der Waals surface area contributed by atoms with Crippen molar-refractivity contribution in [3.05, 3.63) is 87.4 Å². The molecule has 0 saturated carbocycles. The molecule has 0 aliphatic carbocycles. The van der Waals surface area contributed by atoms with Gasteiger partial charge in [0.15, 0.2) is 0 Å². The molecule has 0 fully saturated rings. The number of benzene rings is 2. The molecule has 28 heavy (non-hydrogen) atoms. The summed E-state index contributed by atoms with van der Waals surface area (Å²) in [6.45, 7) is 2.26. The second kappa shape index (κ2) is 7.29. The monoisotopic (exact) mass is 392 g/mol. The summed E-state index contributed by atoms with van der Waals surface area (Å²) in [5, 5.41) is 17.5. The summed E-state index contributed by atoms with van der Waals surface area (Å²) in [5.74, 6) is 0.677. The first-order chi connectivity index (χ1) is 13.6. The van der Waals surface area contributed by atoms with Crippen molar-refractivity contribution in [2.24, 2.45) is 5.73 Å². The van der Waals surface area contributed by atoms with Crippen LogP contribution in [0.3, 0.4) is 0 Å². The van der Waals surface area contributed by atoms with Crippen molar-refractivity contribution >= 4 is 11.6 Å². The van der Waals surface area contributed by atoms with Crippen molar-refractivity contribution in [1.82, 2.24) is 10.2 Å². The molecular weight excluding hydrogens is 376 g/mol. The normalized spacial score (nSPS) is 15.5. The van der Waals surface area contributed by atoms with Crippen LogP contribution in [0.2, 0.25) is 5.02 Å². The van der Waals surface area contributed by atoms with E-state index in [-0.39, 0.29) is 5.88 Å². The van der Waals surface area contributed by atoms with E-state index in [2.05, 4.69) is 16.3 Å². The lowest BCUT2D eigenvalue weighted by Gasteiger charge is -2.25. The summed E-state index contributed by atoms with van der Waals surface area (Å²) in [6.07, 6.45) is 0. The van der Waals surface area contributed by atoms with E-state index in [9.17, 15) is 5.26 Å². The Morgan fingerprint density at radius 3 is 2.75 bits per heavy atom. The van der Waals surface area contributed by atoms with Gasteiger partial charge in [-0.15, -0.1) is 5.10 Å². The number of fused-ring (bicyclic) bond motifs is 1. The number of halogens is 1. The predicted molar refractivity (Wildman–Crippen MR) is 105 cm³/mol. The molecule has 0 spiro atoms. The Balaban J connectivity index is 1.74. The second-order valence-electron chi connectivity index (χ2n) is 6.45. The lowest BCUT2D eigenvalue weighted by Crippen LogP contribution is -2.21. The van der Waals surface area contributed by atoms with Crippen LogP contribution in [0.15, 0.2) is 60.0 Å². The highest BCUT2D eigenvalue weighted by Crippen LogP contribution is 2.45. The van der Waals surface area contributed by atoms with Crippen LogP contribution >= 0.6 is 11.6 Å². The number of nitrogens with one attached hydrogen (secondary N) is 1. The Hall–Kier alpha value is -3.43. The van der Waals surface area contributed by atoms with Gasteiger partial charge in [-0.05, 0) is 30.7 Å². The van der Waals surface area contributed by atoms with Crippen LogP contribution in [-0.2, 0) is 6.61 Å². The van der Waals surface area contributed by atoms with Gasteiger partial charge in [-0.1, -0.05) is 41.9 Å². The zero-order chi connectivity index (χ0) is 19.7. The third kappa shape index (κ3) is 3.17. The number of aryl methyl sites for hydroxylation is 1. The molecule has 6 nitrogen and oxygen atoms in total. The molecule has 0 amide bonds. The van der Waals surface area contributed by atoms with Gasteiger partial charge >= 0.3 is 0 Å². The topological polar surface area (TPSA) is 97.0 Å². The van der Waals surface area contributed by atoms with Crippen LogP contribution in [0.25, 0.3) is 0 Å². The molecule has 1 aliphatic rings. The number of allylic oxidation sites excluding steroid dienone is 1. The molecule has 3 N–H and O–H groups in total. The second-order valence-corrected chi connectivity index (χ2v) is 6.88. The lowest BCUT2D eigenvalue weighted by atomic mass is 9.83. The molecule has 1 aliphatic heterocycles. The summed E-state index contributed by atoms with van der Waals surface area (Å²) in [4.78, 5) is 0. The molecule has 0 radical (unpaired) electrons. The predicted octanol–water partition coefficient (Wildman–Crippen LogP) is 4.17. The number of nitrogens with two attached hydrogens (primary N) is 1. The minimum absolute atomic E-state index is 0.0546. The average molecular weight is 393 g/mol.